The van der Waals surface area contributed by atoms with E-state index in [2.05, 4.69) is 47.5 Å². The molecular formula is C13H22Cl2N2. The van der Waals surface area contributed by atoms with E-state index in [4.69, 9.17) is 0 Å². The molecule has 0 saturated carbocycles. The summed E-state index contributed by atoms with van der Waals surface area (Å²) in [6.45, 7) is 6.89. The van der Waals surface area contributed by atoms with Crippen molar-refractivity contribution in [3.8, 4) is 0 Å². The van der Waals surface area contributed by atoms with Crippen LogP contribution in [0.4, 0.5) is 0 Å². The first-order valence-electron chi connectivity index (χ1n) is 5.84. The van der Waals surface area contributed by atoms with E-state index < -0.39 is 0 Å². The Kier molecular flexibility index (Phi) is 8.61. The zero-order chi connectivity index (χ0) is 10.5. The van der Waals surface area contributed by atoms with Crippen molar-refractivity contribution in [2.75, 3.05) is 19.6 Å². The Balaban J connectivity index is 0.00000128. The highest BCUT2D eigenvalue weighted by Gasteiger charge is 2.13. The molecule has 0 aliphatic carbocycles. The molecule has 1 atom stereocenters. The molecule has 0 spiro atoms. The zero-order valence-corrected chi connectivity index (χ0v) is 11.9. The second-order valence-electron chi connectivity index (χ2n) is 4.43. The molecule has 0 amide bonds. The molecule has 1 aromatic rings. The van der Waals surface area contributed by atoms with Crippen LogP contribution in [-0.4, -0.2) is 30.6 Å². The molecule has 1 fully saturated rings. The minimum Gasteiger partial charge on any atom is -0.313 e. The monoisotopic (exact) mass is 276 g/mol. The molecule has 1 N–H and O–H groups in total. The maximum atomic E-state index is 3.52. The first-order chi connectivity index (χ1) is 7.34. The molecular weight excluding hydrogens is 255 g/mol. The number of hydrogen-bond donors (Lipinski definition) is 1. The van der Waals surface area contributed by atoms with Crippen LogP contribution < -0.4 is 5.32 Å². The van der Waals surface area contributed by atoms with E-state index in [-0.39, 0.29) is 24.8 Å². The first kappa shape index (κ1) is 16.7. The highest BCUT2D eigenvalue weighted by atomic mass is 35.5. The molecule has 98 valence electrons. The van der Waals surface area contributed by atoms with Crippen LogP contribution in [0.3, 0.4) is 0 Å². The molecule has 2 nitrogen and oxygen atoms in total. The van der Waals surface area contributed by atoms with E-state index in [0.29, 0.717) is 6.04 Å². The lowest BCUT2D eigenvalue weighted by molar-refractivity contribution is 0.265. The van der Waals surface area contributed by atoms with E-state index in [1.807, 2.05) is 0 Å². The predicted octanol–water partition coefficient (Wildman–Crippen LogP) is 2.71. The maximum absolute atomic E-state index is 3.52. The molecule has 4 heteroatoms. The summed E-state index contributed by atoms with van der Waals surface area (Å²) in [4.78, 5) is 2.54. The fourth-order valence-corrected chi connectivity index (χ4v) is 2.18. The molecule has 17 heavy (non-hydrogen) atoms. The van der Waals surface area contributed by atoms with Crippen molar-refractivity contribution in [3.63, 3.8) is 0 Å². The van der Waals surface area contributed by atoms with E-state index in [1.165, 1.54) is 18.5 Å². The highest BCUT2D eigenvalue weighted by molar-refractivity contribution is 5.85. The first-order valence-corrected chi connectivity index (χ1v) is 5.84. The summed E-state index contributed by atoms with van der Waals surface area (Å²) in [5.41, 5.74) is 1.42. The quantitative estimate of drug-likeness (QED) is 0.894. The standard InChI is InChI=1S/C13H20N2.2ClH/c1-12-10-15(9-5-8-14-12)11-13-6-3-2-4-7-13;;/h2-4,6-7,12,14H,5,8-11H2,1H3;2*1H/t12-;;/m0../s1. The van der Waals surface area contributed by atoms with Gasteiger partial charge >= 0.3 is 0 Å². The second-order valence-corrected chi connectivity index (χ2v) is 4.43. The number of benzene rings is 1. The van der Waals surface area contributed by atoms with Crippen molar-refractivity contribution in [1.82, 2.24) is 10.2 Å². The van der Waals surface area contributed by atoms with Gasteiger partial charge in [-0.15, -0.1) is 24.8 Å². The van der Waals surface area contributed by atoms with E-state index in [1.54, 1.807) is 0 Å². The molecule has 1 aromatic carbocycles. The summed E-state index contributed by atoms with van der Waals surface area (Å²) >= 11 is 0. The van der Waals surface area contributed by atoms with Gasteiger partial charge in [-0.05, 0) is 32.0 Å². The zero-order valence-electron chi connectivity index (χ0n) is 10.3. The van der Waals surface area contributed by atoms with Gasteiger partial charge in [0.1, 0.15) is 0 Å². The Morgan fingerprint density at radius 1 is 1.24 bits per heavy atom. The third kappa shape index (κ3) is 5.73. The molecule has 0 bridgehead atoms. The molecule has 1 aliphatic rings. The van der Waals surface area contributed by atoms with Gasteiger partial charge in [0.2, 0.25) is 0 Å². The number of rotatable bonds is 2. The predicted molar refractivity (Wildman–Crippen MR) is 78.3 cm³/mol. The topological polar surface area (TPSA) is 15.3 Å². The van der Waals surface area contributed by atoms with E-state index in [9.17, 15) is 0 Å². The Labute approximate surface area is 117 Å². The van der Waals surface area contributed by atoms with Crippen LogP contribution in [0.1, 0.15) is 18.9 Å². The summed E-state index contributed by atoms with van der Waals surface area (Å²) < 4.78 is 0. The minimum atomic E-state index is 0. The molecule has 1 heterocycles. The summed E-state index contributed by atoms with van der Waals surface area (Å²) in [7, 11) is 0. The van der Waals surface area contributed by atoms with Crippen LogP contribution in [0.25, 0.3) is 0 Å². The van der Waals surface area contributed by atoms with Gasteiger partial charge < -0.3 is 5.32 Å². The lowest BCUT2D eigenvalue weighted by Gasteiger charge is -2.22. The van der Waals surface area contributed by atoms with E-state index >= 15 is 0 Å². The van der Waals surface area contributed by atoms with Crippen LogP contribution in [0.2, 0.25) is 0 Å². The van der Waals surface area contributed by atoms with Gasteiger partial charge in [0.15, 0.2) is 0 Å². The fourth-order valence-electron chi connectivity index (χ4n) is 2.18. The third-order valence-electron chi connectivity index (χ3n) is 2.92. The van der Waals surface area contributed by atoms with Gasteiger partial charge in [-0.1, -0.05) is 30.3 Å². The number of nitrogens with zero attached hydrogens (tertiary/aromatic N) is 1. The van der Waals surface area contributed by atoms with Gasteiger partial charge in [0, 0.05) is 19.1 Å². The average Bonchev–Trinajstić information content (AvgIpc) is 2.44. The van der Waals surface area contributed by atoms with Crippen LogP contribution in [0, 0.1) is 0 Å². The van der Waals surface area contributed by atoms with Crippen molar-refractivity contribution in [2.45, 2.75) is 25.9 Å². The molecule has 0 unspecified atom stereocenters. The smallest absolute Gasteiger partial charge is 0.0234 e. The Morgan fingerprint density at radius 2 is 1.94 bits per heavy atom. The van der Waals surface area contributed by atoms with Gasteiger partial charge in [-0.3, -0.25) is 4.90 Å². The van der Waals surface area contributed by atoms with Crippen LogP contribution in [0.5, 0.6) is 0 Å². The van der Waals surface area contributed by atoms with Crippen molar-refractivity contribution < 1.29 is 0 Å². The lowest BCUT2D eigenvalue weighted by Crippen LogP contribution is -2.34. The van der Waals surface area contributed by atoms with Crippen molar-refractivity contribution >= 4 is 24.8 Å². The number of nitrogens with one attached hydrogen (secondary N) is 1. The molecule has 0 radical (unpaired) electrons. The summed E-state index contributed by atoms with van der Waals surface area (Å²) in [6, 6.07) is 11.4. The van der Waals surface area contributed by atoms with Gasteiger partial charge in [-0.25, -0.2) is 0 Å². The van der Waals surface area contributed by atoms with Gasteiger partial charge in [0.05, 0.1) is 0 Å². The van der Waals surface area contributed by atoms with Gasteiger partial charge in [0.25, 0.3) is 0 Å². The molecule has 2 rings (SSSR count). The van der Waals surface area contributed by atoms with Crippen molar-refractivity contribution in [3.05, 3.63) is 35.9 Å². The summed E-state index contributed by atoms with van der Waals surface area (Å²) in [5, 5.41) is 3.52. The van der Waals surface area contributed by atoms with Crippen LogP contribution in [-0.2, 0) is 6.54 Å². The number of halogens is 2. The molecule has 0 aromatic heterocycles. The molecule has 1 saturated heterocycles. The largest absolute Gasteiger partial charge is 0.313 e. The molecule has 1 aliphatic heterocycles. The SMILES string of the molecule is C[C@H]1CN(Cc2ccccc2)CCCN1.Cl.Cl. The summed E-state index contributed by atoms with van der Waals surface area (Å²) in [5.74, 6) is 0. The minimum absolute atomic E-state index is 0. The Bertz CT molecular complexity index is 293. The fraction of sp³-hybridized carbons (Fsp3) is 0.538. The van der Waals surface area contributed by atoms with E-state index in [0.717, 1.165) is 19.6 Å². The Morgan fingerprint density at radius 3 is 2.65 bits per heavy atom. The van der Waals surface area contributed by atoms with Crippen LogP contribution >= 0.6 is 24.8 Å². The maximum Gasteiger partial charge on any atom is 0.0234 e. The van der Waals surface area contributed by atoms with Crippen molar-refractivity contribution in [1.29, 1.82) is 0 Å². The van der Waals surface area contributed by atoms with Crippen LogP contribution in [0.15, 0.2) is 30.3 Å². The second kappa shape index (κ2) is 8.76. The summed E-state index contributed by atoms with van der Waals surface area (Å²) in [6.07, 6.45) is 1.26. The average molecular weight is 277 g/mol. The Hall–Kier alpha value is -0.280. The lowest BCUT2D eigenvalue weighted by atomic mass is 10.2. The van der Waals surface area contributed by atoms with Crippen molar-refractivity contribution in [2.24, 2.45) is 0 Å². The number of hydrogen-bond acceptors (Lipinski definition) is 2. The highest BCUT2D eigenvalue weighted by Crippen LogP contribution is 2.07. The normalized spacial score (nSPS) is 20.9. The van der Waals surface area contributed by atoms with Gasteiger partial charge in [-0.2, -0.15) is 0 Å². The third-order valence-corrected chi connectivity index (χ3v) is 2.92.